The van der Waals surface area contributed by atoms with E-state index in [0.717, 1.165) is 49.0 Å². The molecule has 2 aromatic carbocycles. The van der Waals surface area contributed by atoms with Crippen molar-refractivity contribution in [2.24, 2.45) is 0 Å². The van der Waals surface area contributed by atoms with E-state index in [1.165, 1.54) is 5.56 Å². The Labute approximate surface area is 149 Å². The second kappa shape index (κ2) is 8.23. The Kier molecular flexibility index (Phi) is 5.79. The van der Waals surface area contributed by atoms with Gasteiger partial charge in [-0.05, 0) is 24.3 Å². The Morgan fingerprint density at radius 3 is 2.56 bits per heavy atom. The summed E-state index contributed by atoms with van der Waals surface area (Å²) < 4.78 is 16.5. The van der Waals surface area contributed by atoms with Gasteiger partial charge in [0.15, 0.2) is 0 Å². The Bertz CT molecular complexity index is 705. The normalized spacial score (nSPS) is 18.0. The number of hydrogen-bond acceptors (Lipinski definition) is 5. The van der Waals surface area contributed by atoms with Gasteiger partial charge in [0.1, 0.15) is 17.2 Å². The maximum Gasteiger partial charge on any atom is 0.123 e. The molecule has 3 rings (SSSR count). The van der Waals surface area contributed by atoms with E-state index >= 15 is 0 Å². The van der Waals surface area contributed by atoms with Crippen molar-refractivity contribution >= 4 is 0 Å². The molecule has 0 saturated carbocycles. The van der Waals surface area contributed by atoms with Crippen molar-refractivity contribution in [1.82, 2.24) is 10.2 Å². The van der Waals surface area contributed by atoms with Crippen molar-refractivity contribution in [3.05, 3.63) is 53.6 Å². The summed E-state index contributed by atoms with van der Waals surface area (Å²) in [6.07, 6.45) is 0. The summed E-state index contributed by atoms with van der Waals surface area (Å²) in [4.78, 5) is 2.46. The van der Waals surface area contributed by atoms with E-state index in [9.17, 15) is 0 Å². The molecule has 0 spiro atoms. The fourth-order valence-corrected chi connectivity index (χ4v) is 3.41. The van der Waals surface area contributed by atoms with E-state index in [-0.39, 0.29) is 6.04 Å². The SMILES string of the molecule is COc1ccc(OC)c(CN2CCNCC2c2ccccc2OC)c1. The standard InChI is InChI=1S/C20H26N2O3/c1-23-16-8-9-19(24-2)15(12-16)14-22-11-10-21-13-18(22)17-6-4-5-7-20(17)25-3/h4-9,12,18,21H,10-11,13-14H2,1-3H3. The predicted molar refractivity (Wildman–Crippen MR) is 98.6 cm³/mol. The molecule has 5 heteroatoms. The lowest BCUT2D eigenvalue weighted by Crippen LogP contribution is -2.45. The van der Waals surface area contributed by atoms with Gasteiger partial charge in [-0.3, -0.25) is 4.90 Å². The van der Waals surface area contributed by atoms with E-state index in [2.05, 4.69) is 28.4 Å². The van der Waals surface area contributed by atoms with Crippen LogP contribution in [0.4, 0.5) is 0 Å². The molecule has 1 fully saturated rings. The Morgan fingerprint density at radius 1 is 1.00 bits per heavy atom. The molecule has 2 aromatic rings. The van der Waals surface area contributed by atoms with Gasteiger partial charge in [0, 0.05) is 37.3 Å². The van der Waals surface area contributed by atoms with E-state index in [0.29, 0.717) is 0 Å². The first-order chi connectivity index (χ1) is 12.3. The van der Waals surface area contributed by atoms with Gasteiger partial charge in [0.25, 0.3) is 0 Å². The minimum atomic E-state index is 0.251. The largest absolute Gasteiger partial charge is 0.497 e. The maximum atomic E-state index is 5.58. The van der Waals surface area contributed by atoms with Gasteiger partial charge < -0.3 is 19.5 Å². The molecule has 1 aliphatic heterocycles. The number of benzene rings is 2. The zero-order valence-corrected chi connectivity index (χ0v) is 15.1. The van der Waals surface area contributed by atoms with E-state index in [4.69, 9.17) is 14.2 Å². The number of piperazine rings is 1. The molecular weight excluding hydrogens is 316 g/mol. The minimum Gasteiger partial charge on any atom is -0.497 e. The first-order valence-corrected chi connectivity index (χ1v) is 8.55. The zero-order valence-electron chi connectivity index (χ0n) is 15.1. The lowest BCUT2D eigenvalue weighted by Gasteiger charge is -2.37. The van der Waals surface area contributed by atoms with Crippen LogP contribution in [0, 0.1) is 0 Å². The third-order valence-corrected chi connectivity index (χ3v) is 4.71. The van der Waals surface area contributed by atoms with Crippen LogP contribution in [0.15, 0.2) is 42.5 Å². The number of ether oxygens (including phenoxy) is 3. The average molecular weight is 342 g/mol. The zero-order chi connectivity index (χ0) is 17.6. The molecule has 1 aliphatic rings. The van der Waals surface area contributed by atoms with E-state index in [1.807, 2.05) is 24.3 Å². The van der Waals surface area contributed by atoms with Crippen molar-refractivity contribution < 1.29 is 14.2 Å². The topological polar surface area (TPSA) is 43.0 Å². The molecule has 0 amide bonds. The van der Waals surface area contributed by atoms with Crippen molar-refractivity contribution in [2.75, 3.05) is 41.0 Å². The number of para-hydroxylation sites is 1. The number of nitrogens with one attached hydrogen (secondary N) is 1. The highest BCUT2D eigenvalue weighted by molar-refractivity contribution is 5.41. The summed E-state index contributed by atoms with van der Waals surface area (Å²) >= 11 is 0. The van der Waals surface area contributed by atoms with Gasteiger partial charge in [-0.15, -0.1) is 0 Å². The molecule has 5 nitrogen and oxygen atoms in total. The molecular formula is C20H26N2O3. The van der Waals surface area contributed by atoms with Gasteiger partial charge in [-0.25, -0.2) is 0 Å². The Hall–Kier alpha value is -2.24. The van der Waals surface area contributed by atoms with Crippen LogP contribution in [0.1, 0.15) is 17.2 Å². The van der Waals surface area contributed by atoms with Crippen LogP contribution < -0.4 is 19.5 Å². The predicted octanol–water partition coefficient (Wildman–Crippen LogP) is 2.86. The minimum absolute atomic E-state index is 0.251. The lowest BCUT2D eigenvalue weighted by molar-refractivity contribution is 0.149. The first-order valence-electron chi connectivity index (χ1n) is 8.55. The monoisotopic (exact) mass is 342 g/mol. The van der Waals surface area contributed by atoms with Crippen LogP contribution in [-0.4, -0.2) is 45.9 Å². The lowest BCUT2D eigenvalue weighted by atomic mass is 10.0. The van der Waals surface area contributed by atoms with Crippen molar-refractivity contribution in [3.63, 3.8) is 0 Å². The molecule has 134 valence electrons. The number of rotatable bonds is 6. The summed E-state index contributed by atoms with van der Waals surface area (Å²) in [5.74, 6) is 2.66. The van der Waals surface area contributed by atoms with Gasteiger partial charge >= 0.3 is 0 Å². The van der Waals surface area contributed by atoms with Gasteiger partial charge in [0.05, 0.1) is 27.4 Å². The summed E-state index contributed by atoms with van der Waals surface area (Å²) in [5.41, 5.74) is 2.34. The average Bonchev–Trinajstić information content (AvgIpc) is 2.68. The van der Waals surface area contributed by atoms with Crippen molar-refractivity contribution in [1.29, 1.82) is 0 Å². The molecule has 25 heavy (non-hydrogen) atoms. The third-order valence-electron chi connectivity index (χ3n) is 4.71. The molecule has 1 atom stereocenters. The first kappa shape index (κ1) is 17.6. The van der Waals surface area contributed by atoms with Crippen LogP contribution in [0.3, 0.4) is 0 Å². The fourth-order valence-electron chi connectivity index (χ4n) is 3.41. The van der Waals surface area contributed by atoms with Gasteiger partial charge in [0.2, 0.25) is 0 Å². The summed E-state index contributed by atoms with van der Waals surface area (Å²) in [5, 5.41) is 3.50. The molecule has 1 heterocycles. The van der Waals surface area contributed by atoms with Gasteiger partial charge in [-0.1, -0.05) is 18.2 Å². The van der Waals surface area contributed by atoms with Crippen molar-refractivity contribution in [2.45, 2.75) is 12.6 Å². The highest BCUT2D eigenvalue weighted by atomic mass is 16.5. The van der Waals surface area contributed by atoms with Gasteiger partial charge in [-0.2, -0.15) is 0 Å². The second-order valence-electron chi connectivity index (χ2n) is 6.11. The Balaban J connectivity index is 1.89. The smallest absolute Gasteiger partial charge is 0.123 e. The van der Waals surface area contributed by atoms with Crippen LogP contribution in [0.2, 0.25) is 0 Å². The molecule has 1 unspecified atom stereocenters. The third kappa shape index (κ3) is 3.89. The number of nitrogens with zero attached hydrogens (tertiary/aromatic N) is 1. The summed E-state index contributed by atoms with van der Waals surface area (Å²) in [6.45, 7) is 3.62. The Morgan fingerprint density at radius 2 is 1.80 bits per heavy atom. The quantitative estimate of drug-likeness (QED) is 0.874. The van der Waals surface area contributed by atoms with E-state index < -0.39 is 0 Å². The summed E-state index contributed by atoms with van der Waals surface area (Å²) in [7, 11) is 5.12. The van der Waals surface area contributed by atoms with Crippen LogP contribution in [0.5, 0.6) is 17.2 Å². The van der Waals surface area contributed by atoms with Crippen molar-refractivity contribution in [3.8, 4) is 17.2 Å². The summed E-state index contributed by atoms with van der Waals surface area (Å²) in [6, 6.07) is 14.4. The highest BCUT2D eigenvalue weighted by Gasteiger charge is 2.27. The number of methoxy groups -OCH3 is 3. The molecule has 0 radical (unpaired) electrons. The number of hydrogen-bond donors (Lipinski definition) is 1. The highest BCUT2D eigenvalue weighted by Crippen LogP contribution is 2.33. The molecule has 1 N–H and O–H groups in total. The maximum absolute atomic E-state index is 5.58. The molecule has 0 aliphatic carbocycles. The second-order valence-corrected chi connectivity index (χ2v) is 6.11. The molecule has 0 aromatic heterocycles. The molecule has 0 bridgehead atoms. The fraction of sp³-hybridized carbons (Fsp3) is 0.400. The van der Waals surface area contributed by atoms with E-state index in [1.54, 1.807) is 21.3 Å². The van der Waals surface area contributed by atoms with Crippen LogP contribution >= 0.6 is 0 Å². The van der Waals surface area contributed by atoms with Crippen LogP contribution in [-0.2, 0) is 6.54 Å². The molecule has 1 saturated heterocycles. The van der Waals surface area contributed by atoms with Crippen LogP contribution in [0.25, 0.3) is 0 Å².